The molecule has 0 bridgehead atoms. The molecule has 0 saturated carbocycles. The predicted molar refractivity (Wildman–Crippen MR) is 83.8 cm³/mol. The maximum Gasteiger partial charge on any atom is 0.317 e. The molecule has 2 amide bonds. The minimum Gasteiger partial charge on any atom is -0.497 e. The van der Waals surface area contributed by atoms with E-state index in [1.807, 2.05) is 0 Å². The first kappa shape index (κ1) is 16.9. The summed E-state index contributed by atoms with van der Waals surface area (Å²) in [5, 5.41) is 11.8. The standard InChI is InChI=1S/C16H22N2O5/c1-22-13-4-6-14(7-5-13)23-10-8-17-16(21)18-9-2-3-12(11-18)15(19)20/h4-7,12H,2-3,8-11H2,1H3,(H,17,21)(H,19,20). The molecule has 0 spiro atoms. The molecular formula is C16H22N2O5. The van der Waals surface area contributed by atoms with E-state index >= 15 is 0 Å². The molecule has 1 aliphatic heterocycles. The van der Waals surface area contributed by atoms with Gasteiger partial charge in [0.1, 0.15) is 18.1 Å². The van der Waals surface area contributed by atoms with E-state index in [1.54, 1.807) is 36.3 Å². The van der Waals surface area contributed by atoms with Crippen molar-refractivity contribution in [2.45, 2.75) is 12.8 Å². The molecule has 1 saturated heterocycles. The van der Waals surface area contributed by atoms with Gasteiger partial charge in [-0.25, -0.2) is 4.79 Å². The fraction of sp³-hybridized carbons (Fsp3) is 0.500. The number of piperidine rings is 1. The fourth-order valence-corrected chi connectivity index (χ4v) is 2.47. The van der Waals surface area contributed by atoms with Crippen LogP contribution in [0.15, 0.2) is 24.3 Å². The zero-order valence-corrected chi connectivity index (χ0v) is 13.2. The minimum atomic E-state index is -0.842. The van der Waals surface area contributed by atoms with Crippen molar-refractivity contribution in [3.63, 3.8) is 0 Å². The normalized spacial score (nSPS) is 17.4. The predicted octanol–water partition coefficient (Wildman–Crippen LogP) is 1.58. The number of benzene rings is 1. The van der Waals surface area contributed by atoms with Gasteiger partial charge < -0.3 is 24.8 Å². The SMILES string of the molecule is COc1ccc(OCCNC(=O)N2CCCC(C(=O)O)C2)cc1. The van der Waals surface area contributed by atoms with Crippen LogP contribution in [0.1, 0.15) is 12.8 Å². The van der Waals surface area contributed by atoms with E-state index in [9.17, 15) is 9.59 Å². The number of likely N-dealkylation sites (tertiary alicyclic amines) is 1. The molecule has 0 aliphatic carbocycles. The first-order valence-corrected chi connectivity index (χ1v) is 7.62. The monoisotopic (exact) mass is 322 g/mol. The lowest BCUT2D eigenvalue weighted by Gasteiger charge is -2.30. The number of amides is 2. The molecule has 1 unspecified atom stereocenters. The van der Waals surface area contributed by atoms with Gasteiger partial charge in [-0.15, -0.1) is 0 Å². The Labute approximate surface area is 135 Å². The summed E-state index contributed by atoms with van der Waals surface area (Å²) in [7, 11) is 1.60. The number of hydrogen-bond donors (Lipinski definition) is 2. The van der Waals surface area contributed by atoms with Crippen molar-refractivity contribution >= 4 is 12.0 Å². The van der Waals surface area contributed by atoms with E-state index in [0.29, 0.717) is 38.3 Å². The van der Waals surface area contributed by atoms with Gasteiger partial charge in [-0.2, -0.15) is 0 Å². The highest BCUT2D eigenvalue weighted by Gasteiger charge is 2.27. The first-order valence-electron chi connectivity index (χ1n) is 7.62. The number of carboxylic acids is 1. The maximum atomic E-state index is 12.0. The van der Waals surface area contributed by atoms with Crippen molar-refractivity contribution in [2.75, 3.05) is 33.4 Å². The van der Waals surface area contributed by atoms with Gasteiger partial charge in [0.25, 0.3) is 0 Å². The van der Waals surface area contributed by atoms with Crippen molar-refractivity contribution in [3.8, 4) is 11.5 Å². The smallest absolute Gasteiger partial charge is 0.317 e. The second-order valence-corrected chi connectivity index (χ2v) is 5.38. The average Bonchev–Trinajstić information content (AvgIpc) is 2.59. The highest BCUT2D eigenvalue weighted by atomic mass is 16.5. The minimum absolute atomic E-state index is 0.241. The van der Waals surface area contributed by atoms with Crippen molar-refractivity contribution in [3.05, 3.63) is 24.3 Å². The van der Waals surface area contributed by atoms with E-state index in [2.05, 4.69) is 5.32 Å². The Morgan fingerprint density at radius 3 is 2.65 bits per heavy atom. The van der Waals surface area contributed by atoms with Crippen molar-refractivity contribution in [1.82, 2.24) is 10.2 Å². The van der Waals surface area contributed by atoms with E-state index in [4.69, 9.17) is 14.6 Å². The number of nitrogens with one attached hydrogen (secondary N) is 1. The van der Waals surface area contributed by atoms with Crippen LogP contribution in [0.2, 0.25) is 0 Å². The Morgan fingerprint density at radius 1 is 1.30 bits per heavy atom. The Kier molecular flexibility index (Phi) is 6.08. The fourth-order valence-electron chi connectivity index (χ4n) is 2.47. The largest absolute Gasteiger partial charge is 0.497 e. The van der Waals surface area contributed by atoms with Crippen LogP contribution in [0, 0.1) is 5.92 Å². The van der Waals surface area contributed by atoms with Crippen LogP contribution in [0.25, 0.3) is 0 Å². The second-order valence-electron chi connectivity index (χ2n) is 5.38. The van der Waals surface area contributed by atoms with Crippen molar-refractivity contribution in [2.24, 2.45) is 5.92 Å². The molecule has 1 aliphatic rings. The number of carbonyl (C=O) groups excluding carboxylic acids is 1. The number of ether oxygens (including phenoxy) is 2. The number of carboxylic acid groups (broad SMARTS) is 1. The molecule has 1 fully saturated rings. The second kappa shape index (κ2) is 8.26. The molecule has 2 rings (SSSR count). The van der Waals surface area contributed by atoms with Crippen LogP contribution in [-0.2, 0) is 4.79 Å². The molecule has 0 aromatic heterocycles. The van der Waals surface area contributed by atoms with Gasteiger partial charge in [-0.1, -0.05) is 0 Å². The van der Waals surface area contributed by atoms with Gasteiger partial charge in [0, 0.05) is 13.1 Å². The lowest BCUT2D eigenvalue weighted by Crippen LogP contribution is -2.47. The summed E-state index contributed by atoms with van der Waals surface area (Å²) in [5.74, 6) is 0.142. The van der Waals surface area contributed by atoms with Gasteiger partial charge in [-0.3, -0.25) is 4.79 Å². The Morgan fingerprint density at radius 2 is 2.00 bits per heavy atom. The summed E-state index contributed by atoms with van der Waals surface area (Å²) < 4.78 is 10.6. The van der Waals surface area contributed by atoms with E-state index in [1.165, 1.54) is 0 Å². The van der Waals surface area contributed by atoms with Crippen molar-refractivity contribution in [1.29, 1.82) is 0 Å². The van der Waals surface area contributed by atoms with Gasteiger partial charge in [-0.05, 0) is 37.1 Å². The molecule has 126 valence electrons. The van der Waals surface area contributed by atoms with Crippen LogP contribution in [0.5, 0.6) is 11.5 Å². The Bertz CT molecular complexity index is 532. The van der Waals surface area contributed by atoms with E-state index < -0.39 is 11.9 Å². The Hall–Kier alpha value is -2.44. The molecule has 23 heavy (non-hydrogen) atoms. The van der Waals surface area contributed by atoms with Crippen molar-refractivity contribution < 1.29 is 24.2 Å². The lowest BCUT2D eigenvalue weighted by molar-refractivity contribution is -0.143. The summed E-state index contributed by atoms with van der Waals surface area (Å²) in [5.41, 5.74) is 0. The third kappa shape index (κ3) is 5.05. The van der Waals surface area contributed by atoms with Crippen LogP contribution >= 0.6 is 0 Å². The molecule has 7 heteroatoms. The molecule has 1 heterocycles. The topological polar surface area (TPSA) is 88.1 Å². The molecule has 1 aromatic carbocycles. The summed E-state index contributed by atoms with van der Waals surface area (Å²) in [4.78, 5) is 24.6. The zero-order chi connectivity index (χ0) is 16.7. The quantitative estimate of drug-likeness (QED) is 0.776. The highest BCUT2D eigenvalue weighted by molar-refractivity contribution is 5.76. The summed E-state index contributed by atoms with van der Waals surface area (Å²) in [6, 6.07) is 6.95. The number of methoxy groups -OCH3 is 1. The van der Waals surface area contributed by atoms with Gasteiger partial charge in [0.15, 0.2) is 0 Å². The molecule has 1 atom stereocenters. The number of hydrogen-bond acceptors (Lipinski definition) is 4. The van der Waals surface area contributed by atoms with Crippen LogP contribution in [0.3, 0.4) is 0 Å². The van der Waals surface area contributed by atoms with Gasteiger partial charge in [0.2, 0.25) is 0 Å². The molecular weight excluding hydrogens is 300 g/mol. The number of rotatable bonds is 6. The van der Waals surface area contributed by atoms with Crippen LogP contribution in [-0.4, -0.2) is 55.4 Å². The Balaban J connectivity index is 1.68. The summed E-state index contributed by atoms with van der Waals surface area (Å²) in [6.07, 6.45) is 1.34. The lowest BCUT2D eigenvalue weighted by atomic mass is 9.99. The molecule has 7 nitrogen and oxygen atoms in total. The van der Waals surface area contributed by atoms with E-state index in [-0.39, 0.29) is 12.6 Å². The number of aliphatic carboxylic acids is 1. The first-order chi connectivity index (χ1) is 11.1. The zero-order valence-electron chi connectivity index (χ0n) is 13.2. The third-order valence-electron chi connectivity index (χ3n) is 3.76. The molecule has 1 aromatic rings. The van der Waals surface area contributed by atoms with E-state index in [0.717, 1.165) is 5.75 Å². The van der Waals surface area contributed by atoms with Crippen LogP contribution < -0.4 is 14.8 Å². The molecule has 0 radical (unpaired) electrons. The summed E-state index contributed by atoms with van der Waals surface area (Å²) >= 11 is 0. The third-order valence-corrected chi connectivity index (χ3v) is 3.76. The number of nitrogens with zero attached hydrogens (tertiary/aromatic N) is 1. The van der Waals surface area contributed by atoms with Gasteiger partial charge >= 0.3 is 12.0 Å². The average molecular weight is 322 g/mol. The number of urea groups is 1. The summed E-state index contributed by atoms with van der Waals surface area (Å²) in [6.45, 7) is 1.56. The van der Waals surface area contributed by atoms with Crippen LogP contribution in [0.4, 0.5) is 4.79 Å². The highest BCUT2D eigenvalue weighted by Crippen LogP contribution is 2.17. The van der Waals surface area contributed by atoms with Gasteiger partial charge in [0.05, 0.1) is 19.6 Å². The maximum absolute atomic E-state index is 12.0. The molecule has 2 N–H and O–H groups in total. The number of carbonyl (C=O) groups is 2.